The Morgan fingerprint density at radius 1 is 1.79 bits per heavy atom. The highest BCUT2D eigenvalue weighted by Crippen LogP contribution is 2.24. The first-order valence-electron chi connectivity index (χ1n) is 3.65. The number of nitro groups is 1. The van der Waals surface area contributed by atoms with Crippen molar-refractivity contribution in [3.63, 3.8) is 0 Å². The van der Waals surface area contributed by atoms with Gasteiger partial charge in [-0.1, -0.05) is 0 Å². The molecular weight excluding hydrogens is 210 g/mol. The Labute approximate surface area is 82.5 Å². The average molecular weight is 217 g/mol. The van der Waals surface area contributed by atoms with Crippen molar-refractivity contribution in [3.8, 4) is 0 Å². The molecule has 7 nitrogen and oxygen atoms in total. The Balaban J connectivity index is 2.44. The van der Waals surface area contributed by atoms with Gasteiger partial charge in [0.15, 0.2) is 5.13 Å². The van der Waals surface area contributed by atoms with Crippen molar-refractivity contribution in [2.24, 2.45) is 0 Å². The van der Waals surface area contributed by atoms with Gasteiger partial charge in [-0.15, -0.1) is 0 Å². The second-order valence-corrected chi connectivity index (χ2v) is 3.34. The maximum Gasteiger partial charge on any atom is 0.345 e. The lowest BCUT2D eigenvalue weighted by Gasteiger charge is -1.96. The number of carboxylic acid groups (broad SMARTS) is 1. The van der Waals surface area contributed by atoms with E-state index in [1.54, 1.807) is 0 Å². The molecule has 1 heterocycles. The minimum absolute atomic E-state index is 0.0482. The molecule has 14 heavy (non-hydrogen) atoms. The molecule has 1 rings (SSSR count). The quantitative estimate of drug-likeness (QED) is 0.561. The van der Waals surface area contributed by atoms with Crippen molar-refractivity contribution in [3.05, 3.63) is 16.3 Å². The van der Waals surface area contributed by atoms with Crippen molar-refractivity contribution >= 4 is 27.4 Å². The first-order chi connectivity index (χ1) is 6.59. The average Bonchev–Trinajstić information content (AvgIpc) is 2.52. The first kappa shape index (κ1) is 10.4. The SMILES string of the molecule is O=C(O)CCNc1ncc([N+](=O)[O-])s1. The Morgan fingerprint density at radius 3 is 3.00 bits per heavy atom. The molecule has 8 heteroatoms. The second kappa shape index (κ2) is 4.51. The number of nitrogens with zero attached hydrogens (tertiary/aromatic N) is 2. The van der Waals surface area contributed by atoms with Gasteiger partial charge >= 0.3 is 11.0 Å². The van der Waals surface area contributed by atoms with Crippen LogP contribution in [0.3, 0.4) is 0 Å². The topological polar surface area (TPSA) is 105 Å². The number of aliphatic carboxylic acids is 1. The number of anilines is 1. The predicted molar refractivity (Wildman–Crippen MR) is 49.5 cm³/mol. The molecule has 0 saturated heterocycles. The summed E-state index contributed by atoms with van der Waals surface area (Å²) in [6, 6.07) is 0. The molecule has 0 spiro atoms. The highest BCUT2D eigenvalue weighted by atomic mass is 32.1. The summed E-state index contributed by atoms with van der Waals surface area (Å²) >= 11 is 0.878. The number of carboxylic acids is 1. The third-order valence-corrected chi connectivity index (χ3v) is 2.20. The van der Waals surface area contributed by atoms with Gasteiger partial charge in [0, 0.05) is 6.54 Å². The minimum Gasteiger partial charge on any atom is -0.481 e. The number of rotatable bonds is 5. The number of aromatic nitrogens is 1. The van der Waals surface area contributed by atoms with Crippen LogP contribution in [-0.2, 0) is 4.79 Å². The number of hydrogen-bond donors (Lipinski definition) is 2. The standard InChI is InChI=1S/C6H7N3O4S/c10-5(11)1-2-7-6-8-3-4(14-6)9(12)13/h3H,1-2H2,(H,7,8)(H,10,11). The highest BCUT2D eigenvalue weighted by Gasteiger charge is 2.10. The molecule has 0 saturated carbocycles. The van der Waals surface area contributed by atoms with E-state index in [1.807, 2.05) is 0 Å². The van der Waals surface area contributed by atoms with E-state index in [0.29, 0.717) is 5.13 Å². The molecule has 0 atom stereocenters. The van der Waals surface area contributed by atoms with E-state index in [-0.39, 0.29) is 18.0 Å². The van der Waals surface area contributed by atoms with Gasteiger partial charge in [-0.2, -0.15) is 0 Å². The molecule has 0 radical (unpaired) electrons. The van der Waals surface area contributed by atoms with Crippen LogP contribution in [0.1, 0.15) is 6.42 Å². The molecule has 1 aromatic heterocycles. The van der Waals surface area contributed by atoms with E-state index in [4.69, 9.17) is 5.11 Å². The molecule has 2 N–H and O–H groups in total. The highest BCUT2D eigenvalue weighted by molar-refractivity contribution is 7.18. The molecule has 0 aromatic carbocycles. The molecule has 0 amide bonds. The second-order valence-electron chi connectivity index (χ2n) is 2.33. The van der Waals surface area contributed by atoms with Gasteiger partial charge in [-0.3, -0.25) is 14.9 Å². The van der Waals surface area contributed by atoms with E-state index < -0.39 is 10.9 Å². The molecular formula is C6H7N3O4S. The summed E-state index contributed by atoms with van der Waals surface area (Å²) < 4.78 is 0. The Kier molecular flexibility index (Phi) is 3.35. The maximum absolute atomic E-state index is 10.3. The summed E-state index contributed by atoms with van der Waals surface area (Å²) in [4.78, 5) is 23.6. The number of hydrogen-bond acceptors (Lipinski definition) is 6. The number of nitrogens with one attached hydrogen (secondary N) is 1. The smallest absolute Gasteiger partial charge is 0.345 e. The molecule has 76 valence electrons. The van der Waals surface area contributed by atoms with Gasteiger partial charge in [0.1, 0.15) is 6.20 Å². The van der Waals surface area contributed by atoms with Crippen LogP contribution < -0.4 is 5.32 Å². The van der Waals surface area contributed by atoms with Crippen molar-refractivity contribution in [1.29, 1.82) is 0 Å². The van der Waals surface area contributed by atoms with E-state index in [0.717, 1.165) is 17.5 Å². The Bertz CT molecular complexity index is 351. The van der Waals surface area contributed by atoms with Crippen LogP contribution in [0, 0.1) is 10.1 Å². The molecule has 0 bridgehead atoms. The summed E-state index contributed by atoms with van der Waals surface area (Å²) in [5.41, 5.74) is 0. The minimum atomic E-state index is -0.927. The van der Waals surface area contributed by atoms with Gasteiger partial charge in [-0.25, -0.2) is 4.98 Å². The van der Waals surface area contributed by atoms with E-state index in [9.17, 15) is 14.9 Å². The summed E-state index contributed by atoms with van der Waals surface area (Å²) in [5.74, 6) is -0.927. The molecule has 0 aliphatic heterocycles. The van der Waals surface area contributed by atoms with Crippen LogP contribution in [0.2, 0.25) is 0 Å². The zero-order valence-electron chi connectivity index (χ0n) is 6.97. The first-order valence-corrected chi connectivity index (χ1v) is 4.47. The fourth-order valence-electron chi connectivity index (χ4n) is 0.708. The zero-order chi connectivity index (χ0) is 10.6. The number of thiazole rings is 1. The fourth-order valence-corrected chi connectivity index (χ4v) is 1.37. The van der Waals surface area contributed by atoms with Crippen LogP contribution >= 0.6 is 11.3 Å². The van der Waals surface area contributed by atoms with Crippen molar-refractivity contribution in [1.82, 2.24) is 4.98 Å². The van der Waals surface area contributed by atoms with Gasteiger partial charge in [0.05, 0.1) is 11.3 Å². The molecule has 1 aromatic rings. The zero-order valence-corrected chi connectivity index (χ0v) is 7.78. The fraction of sp³-hybridized carbons (Fsp3) is 0.333. The number of carbonyl (C=O) groups is 1. The third kappa shape index (κ3) is 2.98. The van der Waals surface area contributed by atoms with E-state index in [2.05, 4.69) is 10.3 Å². The molecule has 0 aliphatic carbocycles. The lowest BCUT2D eigenvalue weighted by Crippen LogP contribution is -2.06. The van der Waals surface area contributed by atoms with Crippen molar-refractivity contribution in [2.45, 2.75) is 6.42 Å². The molecule has 0 fully saturated rings. The third-order valence-electron chi connectivity index (χ3n) is 1.29. The lowest BCUT2D eigenvalue weighted by atomic mass is 10.4. The van der Waals surface area contributed by atoms with E-state index >= 15 is 0 Å². The van der Waals surface area contributed by atoms with Crippen LogP contribution in [0.5, 0.6) is 0 Å². The Hall–Kier alpha value is -1.70. The monoisotopic (exact) mass is 217 g/mol. The largest absolute Gasteiger partial charge is 0.481 e. The van der Waals surface area contributed by atoms with Gasteiger partial charge < -0.3 is 10.4 Å². The van der Waals surface area contributed by atoms with Crippen molar-refractivity contribution < 1.29 is 14.8 Å². The summed E-state index contributed by atoms with van der Waals surface area (Å²) in [6.07, 6.45) is 1.08. The van der Waals surface area contributed by atoms with E-state index in [1.165, 1.54) is 0 Å². The normalized spacial score (nSPS) is 9.71. The summed E-state index contributed by atoms with van der Waals surface area (Å²) in [6.45, 7) is 0.208. The lowest BCUT2D eigenvalue weighted by molar-refractivity contribution is -0.380. The van der Waals surface area contributed by atoms with Gasteiger partial charge in [0.25, 0.3) is 0 Å². The summed E-state index contributed by atoms with van der Waals surface area (Å²) in [7, 11) is 0. The van der Waals surface area contributed by atoms with Gasteiger partial charge in [0.2, 0.25) is 0 Å². The predicted octanol–water partition coefficient (Wildman–Crippen LogP) is 0.938. The Morgan fingerprint density at radius 2 is 2.50 bits per heavy atom. The van der Waals surface area contributed by atoms with Crippen LogP contribution in [0.15, 0.2) is 6.20 Å². The van der Waals surface area contributed by atoms with Crippen LogP contribution in [-0.4, -0.2) is 27.5 Å². The summed E-state index contributed by atoms with van der Waals surface area (Å²) in [5, 5.41) is 21.5. The molecule has 0 unspecified atom stereocenters. The van der Waals surface area contributed by atoms with Gasteiger partial charge in [-0.05, 0) is 11.3 Å². The molecule has 0 aliphatic rings. The van der Waals surface area contributed by atoms with Crippen molar-refractivity contribution in [2.75, 3.05) is 11.9 Å². The maximum atomic E-state index is 10.3. The van der Waals surface area contributed by atoms with Crippen LogP contribution in [0.4, 0.5) is 10.1 Å². The van der Waals surface area contributed by atoms with Crippen LogP contribution in [0.25, 0.3) is 0 Å².